The second-order valence-corrected chi connectivity index (χ2v) is 6.07. The Morgan fingerprint density at radius 1 is 1.12 bits per heavy atom. The molecule has 1 amide bonds. The highest BCUT2D eigenvalue weighted by atomic mass is 35.5. The van der Waals surface area contributed by atoms with E-state index in [0.29, 0.717) is 22.9 Å². The Morgan fingerprint density at radius 2 is 1.84 bits per heavy atom. The van der Waals surface area contributed by atoms with E-state index in [0.717, 1.165) is 5.56 Å². The van der Waals surface area contributed by atoms with Crippen LogP contribution in [0.25, 0.3) is 0 Å². The number of hydrogen-bond donors (Lipinski definition) is 1. The molecule has 1 aromatic heterocycles. The number of carbonyl (C=O) groups excluding carboxylic acids is 1. The van der Waals surface area contributed by atoms with Crippen molar-refractivity contribution in [1.29, 1.82) is 0 Å². The first-order chi connectivity index (χ1) is 12.2. The molecule has 4 nitrogen and oxygen atoms in total. The van der Waals surface area contributed by atoms with Gasteiger partial charge in [0, 0.05) is 18.1 Å². The Labute approximate surface area is 152 Å². The number of anilines is 1. The third-order valence-corrected chi connectivity index (χ3v) is 4.28. The van der Waals surface area contributed by atoms with E-state index in [-0.39, 0.29) is 11.9 Å². The molecule has 0 saturated carbocycles. The molecule has 25 heavy (non-hydrogen) atoms. The van der Waals surface area contributed by atoms with Crippen LogP contribution in [0.4, 0.5) is 5.69 Å². The smallest absolute Gasteiger partial charge is 0.226 e. The molecule has 0 aliphatic rings. The average molecular weight is 355 g/mol. The summed E-state index contributed by atoms with van der Waals surface area (Å²) in [6.07, 6.45) is 4.26. The molecule has 1 heterocycles. The summed E-state index contributed by atoms with van der Waals surface area (Å²) >= 11 is 6.12. The predicted molar refractivity (Wildman–Crippen MR) is 100 cm³/mol. The van der Waals surface area contributed by atoms with Crippen LogP contribution in [0, 0.1) is 0 Å². The van der Waals surface area contributed by atoms with Gasteiger partial charge in [0.1, 0.15) is 5.75 Å². The molecule has 5 heteroatoms. The molecule has 0 spiro atoms. The number of halogens is 1. The number of hydrogen-bond acceptors (Lipinski definition) is 2. The molecule has 0 saturated heterocycles. The number of benzene rings is 2. The van der Waals surface area contributed by atoms with Gasteiger partial charge in [-0.3, -0.25) is 4.79 Å². The van der Waals surface area contributed by atoms with Crippen LogP contribution in [0.5, 0.6) is 5.75 Å². The van der Waals surface area contributed by atoms with Crippen LogP contribution >= 0.6 is 11.6 Å². The highest BCUT2D eigenvalue weighted by molar-refractivity contribution is 6.32. The van der Waals surface area contributed by atoms with E-state index in [1.165, 1.54) is 0 Å². The van der Waals surface area contributed by atoms with Gasteiger partial charge < -0.3 is 14.6 Å². The van der Waals surface area contributed by atoms with Crippen molar-refractivity contribution >= 4 is 23.2 Å². The molecule has 1 atom stereocenters. The Hall–Kier alpha value is -2.72. The van der Waals surface area contributed by atoms with Gasteiger partial charge in [-0.05, 0) is 35.9 Å². The molecule has 0 fully saturated rings. The zero-order chi connectivity index (χ0) is 17.6. The number of nitrogens with zero attached hydrogens (tertiary/aromatic N) is 1. The minimum absolute atomic E-state index is 0.0649. The Balaban J connectivity index is 1.76. The number of methoxy groups -OCH3 is 1. The summed E-state index contributed by atoms with van der Waals surface area (Å²) in [7, 11) is 1.56. The van der Waals surface area contributed by atoms with Crippen LogP contribution in [0.1, 0.15) is 18.0 Å². The van der Waals surface area contributed by atoms with Crippen molar-refractivity contribution in [3.63, 3.8) is 0 Å². The first kappa shape index (κ1) is 17.1. The van der Waals surface area contributed by atoms with Crippen LogP contribution in [0.3, 0.4) is 0 Å². The summed E-state index contributed by atoms with van der Waals surface area (Å²) < 4.78 is 7.17. The van der Waals surface area contributed by atoms with Crippen LogP contribution in [0.2, 0.25) is 5.02 Å². The third-order valence-electron chi connectivity index (χ3n) is 3.99. The van der Waals surface area contributed by atoms with E-state index < -0.39 is 0 Å². The van der Waals surface area contributed by atoms with Crippen molar-refractivity contribution in [3.05, 3.63) is 83.6 Å². The number of carbonyl (C=O) groups is 1. The van der Waals surface area contributed by atoms with E-state index >= 15 is 0 Å². The molecule has 0 bridgehead atoms. The van der Waals surface area contributed by atoms with Crippen LogP contribution < -0.4 is 10.1 Å². The monoisotopic (exact) mass is 354 g/mol. The minimum atomic E-state index is -0.0798. The summed E-state index contributed by atoms with van der Waals surface area (Å²) in [5, 5.41) is 3.37. The summed E-state index contributed by atoms with van der Waals surface area (Å²) in [5.41, 5.74) is 1.73. The quantitative estimate of drug-likeness (QED) is 0.693. The lowest BCUT2D eigenvalue weighted by atomic mass is 10.0. The SMILES string of the molecule is COc1ccc(NC(=O)C[C@@H](c2ccccc2)n2cccc2)cc1Cl. The van der Waals surface area contributed by atoms with Crippen molar-refractivity contribution in [2.24, 2.45) is 0 Å². The molecule has 0 unspecified atom stereocenters. The molecule has 0 aliphatic heterocycles. The van der Waals surface area contributed by atoms with Crippen LogP contribution in [-0.4, -0.2) is 17.6 Å². The Kier molecular flexibility index (Phi) is 5.41. The average Bonchev–Trinajstić information content (AvgIpc) is 3.15. The maximum absolute atomic E-state index is 12.6. The fourth-order valence-electron chi connectivity index (χ4n) is 2.76. The van der Waals surface area contributed by atoms with E-state index in [2.05, 4.69) is 5.32 Å². The van der Waals surface area contributed by atoms with Gasteiger partial charge in [-0.1, -0.05) is 41.9 Å². The number of nitrogens with one attached hydrogen (secondary N) is 1. The number of ether oxygens (including phenoxy) is 1. The second kappa shape index (κ2) is 7.90. The summed E-state index contributed by atoms with van der Waals surface area (Å²) in [6.45, 7) is 0. The van der Waals surface area contributed by atoms with E-state index in [1.54, 1.807) is 25.3 Å². The zero-order valence-corrected chi connectivity index (χ0v) is 14.6. The highest BCUT2D eigenvalue weighted by Crippen LogP contribution is 2.28. The maximum Gasteiger partial charge on any atom is 0.226 e. The van der Waals surface area contributed by atoms with Gasteiger partial charge >= 0.3 is 0 Å². The minimum Gasteiger partial charge on any atom is -0.495 e. The van der Waals surface area contributed by atoms with Crippen LogP contribution in [0.15, 0.2) is 73.1 Å². The van der Waals surface area contributed by atoms with Gasteiger partial charge in [0.15, 0.2) is 0 Å². The fourth-order valence-corrected chi connectivity index (χ4v) is 3.02. The predicted octanol–water partition coefficient (Wildman–Crippen LogP) is 4.77. The molecule has 3 aromatic rings. The fraction of sp³-hybridized carbons (Fsp3) is 0.150. The molecule has 0 radical (unpaired) electrons. The molecule has 1 N–H and O–H groups in total. The van der Waals surface area contributed by atoms with Gasteiger partial charge in [-0.2, -0.15) is 0 Å². The summed E-state index contributed by atoms with van der Waals surface area (Å²) in [6, 6.07) is 19.0. The largest absolute Gasteiger partial charge is 0.495 e. The molecule has 128 valence electrons. The van der Waals surface area contributed by atoms with E-state index in [4.69, 9.17) is 16.3 Å². The van der Waals surface area contributed by atoms with Gasteiger partial charge in [-0.15, -0.1) is 0 Å². The van der Waals surface area contributed by atoms with Crippen molar-refractivity contribution in [2.75, 3.05) is 12.4 Å². The van der Waals surface area contributed by atoms with Crippen molar-refractivity contribution in [3.8, 4) is 5.75 Å². The van der Waals surface area contributed by atoms with Crippen molar-refractivity contribution in [1.82, 2.24) is 4.57 Å². The second-order valence-electron chi connectivity index (χ2n) is 5.66. The Bertz CT molecular complexity index is 832. The van der Waals surface area contributed by atoms with Gasteiger partial charge in [0.2, 0.25) is 5.91 Å². The van der Waals surface area contributed by atoms with Crippen LogP contribution in [-0.2, 0) is 4.79 Å². The van der Waals surface area contributed by atoms with E-state index in [9.17, 15) is 4.79 Å². The Morgan fingerprint density at radius 3 is 2.48 bits per heavy atom. The van der Waals surface area contributed by atoms with Crippen molar-refractivity contribution in [2.45, 2.75) is 12.5 Å². The molecular formula is C20H19ClN2O2. The normalized spacial score (nSPS) is 11.8. The zero-order valence-electron chi connectivity index (χ0n) is 13.9. The molecular weight excluding hydrogens is 336 g/mol. The lowest BCUT2D eigenvalue weighted by molar-refractivity contribution is -0.116. The first-order valence-corrected chi connectivity index (χ1v) is 8.36. The lowest BCUT2D eigenvalue weighted by Gasteiger charge is -2.19. The maximum atomic E-state index is 12.6. The topological polar surface area (TPSA) is 43.3 Å². The molecule has 0 aliphatic carbocycles. The standard InChI is InChI=1S/C20H19ClN2O2/c1-25-19-10-9-16(13-17(19)21)22-20(24)14-18(23-11-5-6-12-23)15-7-3-2-4-8-15/h2-13,18H,14H2,1H3,(H,22,24)/t18-/m0/s1. The highest BCUT2D eigenvalue weighted by Gasteiger charge is 2.17. The number of rotatable bonds is 6. The van der Waals surface area contributed by atoms with E-state index in [1.807, 2.05) is 59.4 Å². The summed E-state index contributed by atoms with van der Waals surface area (Å²) in [5.74, 6) is 0.498. The van der Waals surface area contributed by atoms with Gasteiger partial charge in [-0.25, -0.2) is 0 Å². The lowest BCUT2D eigenvalue weighted by Crippen LogP contribution is -2.19. The first-order valence-electron chi connectivity index (χ1n) is 7.98. The summed E-state index contributed by atoms with van der Waals surface area (Å²) in [4.78, 5) is 12.6. The number of amides is 1. The van der Waals surface area contributed by atoms with Gasteiger partial charge in [0.05, 0.1) is 24.6 Å². The number of aromatic nitrogens is 1. The molecule has 3 rings (SSSR count). The van der Waals surface area contributed by atoms with Crippen molar-refractivity contribution < 1.29 is 9.53 Å². The third kappa shape index (κ3) is 4.22. The molecule has 2 aromatic carbocycles. The van der Waals surface area contributed by atoms with Gasteiger partial charge in [0.25, 0.3) is 0 Å².